The second-order valence-electron chi connectivity index (χ2n) is 5.56. The van der Waals surface area contributed by atoms with Crippen molar-refractivity contribution >= 4 is 5.97 Å². The maximum Gasteiger partial charge on any atom is 0.360 e. The van der Waals surface area contributed by atoms with E-state index in [9.17, 15) is 4.79 Å². The second-order valence-corrected chi connectivity index (χ2v) is 5.56. The molecule has 8 nitrogen and oxygen atoms in total. The molecule has 3 rings (SSSR count). The van der Waals surface area contributed by atoms with Gasteiger partial charge >= 0.3 is 12.0 Å². The lowest BCUT2D eigenvalue weighted by Crippen LogP contribution is -2.11. The van der Waals surface area contributed by atoms with Gasteiger partial charge in [-0.3, -0.25) is 0 Å². The van der Waals surface area contributed by atoms with Crippen LogP contribution in [-0.2, 0) is 11.2 Å². The molecule has 0 fully saturated rings. The van der Waals surface area contributed by atoms with Gasteiger partial charge in [-0.2, -0.15) is 9.97 Å². The maximum atomic E-state index is 12.4. The minimum absolute atomic E-state index is 0.0287. The highest BCUT2D eigenvalue weighted by Crippen LogP contribution is 2.25. The Bertz CT molecular complexity index is 912. The van der Waals surface area contributed by atoms with E-state index >= 15 is 0 Å². The third-order valence-corrected chi connectivity index (χ3v) is 3.71. The molecular weight excluding hydrogens is 362 g/mol. The Labute approximate surface area is 162 Å². The van der Waals surface area contributed by atoms with Crippen molar-refractivity contribution in [3.8, 4) is 23.5 Å². The van der Waals surface area contributed by atoms with Crippen molar-refractivity contribution in [2.45, 2.75) is 6.42 Å². The van der Waals surface area contributed by atoms with E-state index in [1.54, 1.807) is 12.1 Å². The number of nitrogens with zero attached hydrogens (tertiary/aromatic N) is 3. The first kappa shape index (κ1) is 19.1. The summed E-state index contributed by atoms with van der Waals surface area (Å²) in [5.74, 6) is 0.0966. The molecule has 0 radical (unpaired) electrons. The van der Waals surface area contributed by atoms with Crippen LogP contribution in [0.1, 0.15) is 16.1 Å². The average Bonchev–Trinajstić information content (AvgIpc) is 2.74. The Kier molecular flexibility index (Phi) is 6.35. The molecule has 8 heteroatoms. The monoisotopic (exact) mass is 381 g/mol. The van der Waals surface area contributed by atoms with Crippen molar-refractivity contribution in [3.05, 3.63) is 66.0 Å². The van der Waals surface area contributed by atoms with E-state index in [0.29, 0.717) is 6.42 Å². The van der Waals surface area contributed by atoms with E-state index in [1.807, 2.05) is 30.3 Å². The molecule has 0 aliphatic heterocycles. The lowest BCUT2D eigenvalue weighted by atomic mass is 10.2. The number of pyridine rings is 1. The third-order valence-electron chi connectivity index (χ3n) is 3.71. The molecule has 0 aliphatic carbocycles. The van der Waals surface area contributed by atoms with E-state index < -0.39 is 5.97 Å². The molecule has 144 valence electrons. The number of ether oxygens (including phenoxy) is 4. The van der Waals surface area contributed by atoms with Crippen LogP contribution in [0.15, 0.2) is 54.7 Å². The third kappa shape index (κ3) is 4.94. The Morgan fingerprint density at radius 3 is 2.36 bits per heavy atom. The van der Waals surface area contributed by atoms with Gasteiger partial charge in [0.25, 0.3) is 0 Å². The van der Waals surface area contributed by atoms with E-state index in [0.717, 1.165) is 5.56 Å². The summed E-state index contributed by atoms with van der Waals surface area (Å²) in [7, 11) is 2.93. The van der Waals surface area contributed by atoms with Crippen molar-refractivity contribution in [1.82, 2.24) is 15.0 Å². The lowest BCUT2D eigenvalue weighted by Gasteiger charge is -2.10. The van der Waals surface area contributed by atoms with Crippen molar-refractivity contribution in [2.24, 2.45) is 0 Å². The normalized spacial score (nSPS) is 10.2. The van der Waals surface area contributed by atoms with Gasteiger partial charge in [0.1, 0.15) is 0 Å². The smallest absolute Gasteiger partial charge is 0.360 e. The number of aromatic nitrogens is 3. The summed E-state index contributed by atoms with van der Waals surface area (Å²) in [6, 6.07) is 14.4. The van der Waals surface area contributed by atoms with E-state index in [2.05, 4.69) is 15.0 Å². The van der Waals surface area contributed by atoms with Crippen LogP contribution in [0, 0.1) is 0 Å². The summed E-state index contributed by atoms with van der Waals surface area (Å²) in [6.07, 6.45) is 2.08. The van der Waals surface area contributed by atoms with Crippen LogP contribution in [0.25, 0.3) is 0 Å². The Balaban J connectivity index is 1.71. The van der Waals surface area contributed by atoms with Crippen LogP contribution in [0.5, 0.6) is 23.5 Å². The number of benzene rings is 1. The number of hydrogen-bond donors (Lipinski definition) is 0. The number of rotatable bonds is 8. The number of methoxy groups -OCH3 is 2. The fourth-order valence-corrected chi connectivity index (χ4v) is 2.34. The topological polar surface area (TPSA) is 92.7 Å². The van der Waals surface area contributed by atoms with Crippen LogP contribution in [0.4, 0.5) is 0 Å². The maximum absolute atomic E-state index is 12.4. The van der Waals surface area contributed by atoms with Crippen LogP contribution in [0.2, 0.25) is 0 Å². The molecule has 0 saturated carbocycles. The summed E-state index contributed by atoms with van der Waals surface area (Å²) >= 11 is 0. The minimum Gasteiger partial charge on any atom is -0.481 e. The summed E-state index contributed by atoms with van der Waals surface area (Å²) in [5.41, 5.74) is 1.10. The Hall–Kier alpha value is -3.68. The predicted octanol–water partition coefficient (Wildman–Crippen LogP) is 3.08. The highest BCUT2D eigenvalue weighted by atomic mass is 16.5. The molecule has 0 spiro atoms. The van der Waals surface area contributed by atoms with Crippen LogP contribution < -0.4 is 14.2 Å². The molecule has 2 heterocycles. The molecule has 0 amide bonds. The predicted molar refractivity (Wildman–Crippen MR) is 99.9 cm³/mol. The lowest BCUT2D eigenvalue weighted by molar-refractivity contribution is 0.0499. The molecule has 1 aromatic carbocycles. The first-order valence-electron chi connectivity index (χ1n) is 8.50. The molecule has 0 N–H and O–H groups in total. The number of carbonyl (C=O) groups is 1. The number of hydrogen-bond acceptors (Lipinski definition) is 8. The van der Waals surface area contributed by atoms with Gasteiger partial charge in [0, 0.05) is 12.6 Å². The molecule has 28 heavy (non-hydrogen) atoms. The van der Waals surface area contributed by atoms with Crippen molar-refractivity contribution in [3.63, 3.8) is 0 Å². The van der Waals surface area contributed by atoms with Crippen LogP contribution in [0.3, 0.4) is 0 Å². The highest BCUT2D eigenvalue weighted by molar-refractivity contribution is 5.90. The fourth-order valence-electron chi connectivity index (χ4n) is 2.34. The van der Waals surface area contributed by atoms with Gasteiger partial charge in [-0.1, -0.05) is 30.3 Å². The Morgan fingerprint density at radius 1 is 0.964 bits per heavy atom. The SMILES string of the molecule is COc1cc(OC)nc(Oc2cccnc2C(=O)OCCc2ccccc2)n1. The second kappa shape index (κ2) is 9.31. The van der Waals surface area contributed by atoms with Gasteiger partial charge in [0.05, 0.1) is 26.9 Å². The largest absolute Gasteiger partial charge is 0.481 e. The molecule has 0 atom stereocenters. The number of esters is 1. The van der Waals surface area contributed by atoms with Crippen molar-refractivity contribution < 1.29 is 23.7 Å². The number of carbonyl (C=O) groups excluding carboxylic acids is 1. The summed E-state index contributed by atoms with van der Waals surface area (Å²) in [4.78, 5) is 24.7. The fraction of sp³-hybridized carbons (Fsp3) is 0.200. The van der Waals surface area contributed by atoms with Gasteiger partial charge in [0.2, 0.25) is 11.8 Å². The van der Waals surface area contributed by atoms with Gasteiger partial charge in [0.15, 0.2) is 11.4 Å². The van der Waals surface area contributed by atoms with Crippen molar-refractivity contribution in [1.29, 1.82) is 0 Å². The zero-order chi connectivity index (χ0) is 19.8. The van der Waals surface area contributed by atoms with E-state index in [1.165, 1.54) is 26.5 Å². The zero-order valence-electron chi connectivity index (χ0n) is 15.5. The first-order valence-corrected chi connectivity index (χ1v) is 8.50. The summed E-state index contributed by atoms with van der Waals surface area (Å²) in [6.45, 7) is 0.225. The Morgan fingerprint density at radius 2 is 1.68 bits per heavy atom. The molecular formula is C20H19N3O5. The molecule has 0 bridgehead atoms. The summed E-state index contributed by atoms with van der Waals surface area (Å²) in [5, 5.41) is 0. The molecule has 0 saturated heterocycles. The van der Waals surface area contributed by atoms with Crippen LogP contribution >= 0.6 is 0 Å². The van der Waals surface area contributed by atoms with Gasteiger partial charge in [-0.25, -0.2) is 9.78 Å². The molecule has 0 aliphatic rings. The average molecular weight is 381 g/mol. The highest BCUT2D eigenvalue weighted by Gasteiger charge is 2.18. The van der Waals surface area contributed by atoms with Gasteiger partial charge in [-0.05, 0) is 17.7 Å². The van der Waals surface area contributed by atoms with Crippen molar-refractivity contribution in [2.75, 3.05) is 20.8 Å². The van der Waals surface area contributed by atoms with E-state index in [-0.39, 0.29) is 35.8 Å². The molecule has 0 unspecified atom stereocenters. The van der Waals surface area contributed by atoms with Crippen LogP contribution in [-0.4, -0.2) is 41.7 Å². The summed E-state index contributed by atoms with van der Waals surface area (Å²) < 4.78 is 21.1. The quantitative estimate of drug-likeness (QED) is 0.550. The first-order chi connectivity index (χ1) is 13.7. The van der Waals surface area contributed by atoms with Gasteiger partial charge < -0.3 is 18.9 Å². The minimum atomic E-state index is -0.596. The molecule has 3 aromatic rings. The van der Waals surface area contributed by atoms with Gasteiger partial charge in [-0.15, -0.1) is 0 Å². The standard InChI is InChI=1S/C20H19N3O5/c1-25-16-13-17(26-2)23-20(22-16)28-15-9-6-11-21-18(15)19(24)27-12-10-14-7-4-3-5-8-14/h3-9,11,13H,10,12H2,1-2H3. The zero-order valence-corrected chi connectivity index (χ0v) is 15.5. The van der Waals surface area contributed by atoms with E-state index in [4.69, 9.17) is 18.9 Å². The molecule has 2 aromatic heterocycles.